The molecule has 0 spiro atoms. The first kappa shape index (κ1) is 8.94. The monoisotopic (exact) mass is 129 g/mol. The number of likely N-dealkylation sites (N-methyl/N-ethyl adjacent to an activating group) is 1. The molecule has 1 atom stereocenters. The van der Waals surface area contributed by atoms with Gasteiger partial charge in [-0.15, -0.1) is 0 Å². The van der Waals surface area contributed by atoms with E-state index in [0.29, 0.717) is 6.61 Å². The van der Waals surface area contributed by atoms with Crippen LogP contribution in [0, 0.1) is 0 Å². The van der Waals surface area contributed by atoms with Crippen LogP contribution in [0.3, 0.4) is 0 Å². The number of rotatable bonds is 5. The lowest BCUT2D eigenvalue weighted by Gasteiger charge is -2.11. The van der Waals surface area contributed by atoms with Crippen molar-refractivity contribution in [2.75, 3.05) is 20.2 Å². The predicted molar refractivity (Wildman–Crippen MR) is 39.3 cm³/mol. The molecule has 0 aliphatic rings. The minimum atomic E-state index is 0.0556. The molecule has 9 heavy (non-hydrogen) atoms. The van der Waals surface area contributed by atoms with E-state index in [1.165, 1.54) is 0 Å². The molecule has 4 heteroatoms. The fraction of sp³-hybridized carbons (Fsp3) is 1.00. The number of ether oxygens (including phenoxy) is 1. The van der Waals surface area contributed by atoms with E-state index in [9.17, 15) is 0 Å². The molecule has 3 nitrogen and oxygen atoms in total. The normalized spacial score (nSPS) is 13.2. The second kappa shape index (κ2) is 6.07. The summed E-state index contributed by atoms with van der Waals surface area (Å²) in [6, 6.07) is 0.0556. The summed E-state index contributed by atoms with van der Waals surface area (Å²) in [5.41, 5.74) is 5.25. The van der Waals surface area contributed by atoms with Gasteiger partial charge in [0.05, 0.1) is 6.00 Å². The first-order valence-corrected chi connectivity index (χ1v) is 3.16. The van der Waals surface area contributed by atoms with Crippen LogP contribution in [0.25, 0.3) is 0 Å². The maximum Gasteiger partial charge on any atom is 0.240 e. The average Bonchev–Trinajstić information content (AvgIpc) is 1.88. The SMILES string of the molecule is CCOC([B]N)CNC. The highest BCUT2D eigenvalue weighted by Gasteiger charge is 2.03. The van der Waals surface area contributed by atoms with Crippen LogP contribution in [0.15, 0.2) is 0 Å². The van der Waals surface area contributed by atoms with E-state index in [-0.39, 0.29) is 6.00 Å². The van der Waals surface area contributed by atoms with Crippen LogP contribution < -0.4 is 11.0 Å². The maximum absolute atomic E-state index is 5.25. The summed E-state index contributed by atoms with van der Waals surface area (Å²) in [6.45, 7) is 3.44. The molecule has 0 aromatic heterocycles. The molecule has 0 saturated heterocycles. The molecule has 1 radical (unpaired) electrons. The van der Waals surface area contributed by atoms with Crippen LogP contribution >= 0.6 is 0 Å². The molecule has 0 amide bonds. The maximum atomic E-state index is 5.25. The third kappa shape index (κ3) is 4.45. The summed E-state index contributed by atoms with van der Waals surface area (Å²) < 4.78 is 5.19. The molecule has 3 N–H and O–H groups in total. The van der Waals surface area contributed by atoms with Gasteiger partial charge in [-0.25, -0.2) is 0 Å². The Kier molecular flexibility index (Phi) is 6.03. The van der Waals surface area contributed by atoms with E-state index >= 15 is 0 Å². The molecule has 53 valence electrons. The molecule has 1 unspecified atom stereocenters. The topological polar surface area (TPSA) is 47.3 Å². The third-order valence-electron chi connectivity index (χ3n) is 1.00. The van der Waals surface area contributed by atoms with Crippen LogP contribution in [0.2, 0.25) is 0 Å². The van der Waals surface area contributed by atoms with E-state index < -0.39 is 0 Å². The van der Waals surface area contributed by atoms with Gasteiger partial charge in [-0.1, -0.05) is 0 Å². The zero-order valence-electron chi connectivity index (χ0n) is 6.05. The number of hydrogen-bond acceptors (Lipinski definition) is 3. The Morgan fingerprint density at radius 1 is 1.78 bits per heavy atom. The van der Waals surface area contributed by atoms with Crippen molar-refractivity contribution >= 4 is 7.41 Å². The molecule has 0 bridgehead atoms. The summed E-state index contributed by atoms with van der Waals surface area (Å²) >= 11 is 0. The van der Waals surface area contributed by atoms with Crippen molar-refractivity contribution in [3.05, 3.63) is 0 Å². The summed E-state index contributed by atoms with van der Waals surface area (Å²) in [4.78, 5) is 0. The average molecular weight is 129 g/mol. The second-order valence-corrected chi connectivity index (χ2v) is 1.74. The summed E-state index contributed by atoms with van der Waals surface area (Å²) in [7, 11) is 3.43. The van der Waals surface area contributed by atoms with E-state index in [2.05, 4.69) is 5.32 Å². The lowest BCUT2D eigenvalue weighted by Crippen LogP contribution is -2.36. The molecule has 0 aromatic rings. The van der Waals surface area contributed by atoms with E-state index in [1.54, 1.807) is 7.41 Å². The molecule has 0 aromatic carbocycles. The first-order valence-electron chi connectivity index (χ1n) is 3.16. The summed E-state index contributed by atoms with van der Waals surface area (Å²) in [6.07, 6.45) is 0. The molecule has 0 saturated carbocycles. The van der Waals surface area contributed by atoms with Crippen molar-refractivity contribution in [2.45, 2.75) is 12.9 Å². The summed E-state index contributed by atoms with van der Waals surface area (Å²) in [5, 5.41) is 2.97. The fourth-order valence-corrected chi connectivity index (χ4v) is 0.598. The van der Waals surface area contributed by atoms with Crippen LogP contribution in [0.4, 0.5) is 0 Å². The van der Waals surface area contributed by atoms with Crippen molar-refractivity contribution in [1.82, 2.24) is 5.32 Å². The van der Waals surface area contributed by atoms with Crippen LogP contribution in [-0.2, 0) is 4.74 Å². The highest BCUT2D eigenvalue weighted by Crippen LogP contribution is 1.83. The van der Waals surface area contributed by atoms with Gasteiger partial charge in [0.25, 0.3) is 0 Å². The standard InChI is InChI=1S/C5H14BN2O/c1-3-9-5(6-7)4-8-2/h5,8H,3-4,7H2,1-2H3. The Balaban J connectivity index is 3.18. The van der Waals surface area contributed by atoms with Gasteiger partial charge in [-0.3, -0.25) is 0 Å². The minimum absolute atomic E-state index is 0.0556. The molecule has 0 rings (SSSR count). The molecule has 0 heterocycles. The van der Waals surface area contributed by atoms with Gasteiger partial charge in [-0.2, -0.15) is 0 Å². The largest absolute Gasteiger partial charge is 0.384 e. The Morgan fingerprint density at radius 2 is 2.44 bits per heavy atom. The number of nitrogens with two attached hydrogens (primary N) is 1. The Morgan fingerprint density at radius 3 is 2.78 bits per heavy atom. The van der Waals surface area contributed by atoms with Crippen LogP contribution in [0.1, 0.15) is 6.92 Å². The zero-order valence-corrected chi connectivity index (χ0v) is 6.05. The van der Waals surface area contributed by atoms with Crippen molar-refractivity contribution in [2.24, 2.45) is 5.64 Å². The van der Waals surface area contributed by atoms with E-state index in [1.807, 2.05) is 14.0 Å². The summed E-state index contributed by atoms with van der Waals surface area (Å²) in [5.74, 6) is 0. The molecular formula is C5H14BN2O. The molecule has 0 fully saturated rings. The van der Waals surface area contributed by atoms with E-state index in [0.717, 1.165) is 6.54 Å². The van der Waals surface area contributed by atoms with Gasteiger partial charge in [0.1, 0.15) is 0 Å². The number of nitrogens with one attached hydrogen (secondary N) is 1. The van der Waals surface area contributed by atoms with Gasteiger partial charge in [-0.05, 0) is 14.0 Å². The highest BCUT2D eigenvalue weighted by atomic mass is 16.5. The predicted octanol–water partition coefficient (Wildman–Crippen LogP) is -0.854. The number of hydrogen-bond donors (Lipinski definition) is 2. The second-order valence-electron chi connectivity index (χ2n) is 1.74. The van der Waals surface area contributed by atoms with Gasteiger partial charge < -0.3 is 15.7 Å². The smallest absolute Gasteiger partial charge is 0.240 e. The van der Waals surface area contributed by atoms with Gasteiger partial charge in [0, 0.05) is 13.2 Å². The lowest BCUT2D eigenvalue weighted by molar-refractivity contribution is 0.117. The van der Waals surface area contributed by atoms with Crippen molar-refractivity contribution < 1.29 is 4.74 Å². The Labute approximate surface area is 57.2 Å². The third-order valence-corrected chi connectivity index (χ3v) is 1.00. The Hall–Kier alpha value is -0.0551. The zero-order chi connectivity index (χ0) is 7.11. The van der Waals surface area contributed by atoms with Gasteiger partial charge >= 0.3 is 0 Å². The van der Waals surface area contributed by atoms with Crippen LogP contribution in [-0.4, -0.2) is 33.6 Å². The quantitative estimate of drug-likeness (QED) is 0.475. The van der Waals surface area contributed by atoms with Gasteiger partial charge in [0.15, 0.2) is 0 Å². The lowest BCUT2D eigenvalue weighted by atomic mass is 9.87. The highest BCUT2D eigenvalue weighted by molar-refractivity contribution is 6.32. The molecule has 0 aliphatic heterocycles. The molecular weight excluding hydrogens is 115 g/mol. The fourth-order valence-electron chi connectivity index (χ4n) is 0.598. The Bertz CT molecular complexity index is 56.9. The van der Waals surface area contributed by atoms with E-state index in [4.69, 9.17) is 10.4 Å². The first-order chi connectivity index (χ1) is 4.35. The van der Waals surface area contributed by atoms with Crippen molar-refractivity contribution in [3.8, 4) is 0 Å². The van der Waals surface area contributed by atoms with Crippen LogP contribution in [0.5, 0.6) is 0 Å². The van der Waals surface area contributed by atoms with Crippen molar-refractivity contribution in [3.63, 3.8) is 0 Å². The minimum Gasteiger partial charge on any atom is -0.384 e. The van der Waals surface area contributed by atoms with Crippen molar-refractivity contribution in [1.29, 1.82) is 0 Å². The van der Waals surface area contributed by atoms with Gasteiger partial charge in [0.2, 0.25) is 7.41 Å². The molecule has 0 aliphatic carbocycles.